The van der Waals surface area contributed by atoms with Gasteiger partial charge in [0, 0.05) is 5.92 Å². The van der Waals surface area contributed by atoms with Crippen LogP contribution in [0, 0.1) is 10.8 Å². The van der Waals surface area contributed by atoms with Gasteiger partial charge in [-0.3, -0.25) is 0 Å². The summed E-state index contributed by atoms with van der Waals surface area (Å²) in [4.78, 5) is 10.1. The quantitative estimate of drug-likeness (QED) is 0.466. The average molecular weight is 167 g/mol. The normalized spacial score (nSPS) is 23.4. The average Bonchev–Trinajstić information content (AvgIpc) is 2.09. The molecule has 0 aromatic heterocycles. The lowest BCUT2D eigenvalue weighted by Gasteiger charge is -2.21. The summed E-state index contributed by atoms with van der Waals surface area (Å²) in [7, 11) is 0. The van der Waals surface area contributed by atoms with Crippen molar-refractivity contribution in [2.45, 2.75) is 39.0 Å². The van der Waals surface area contributed by atoms with Gasteiger partial charge in [0.2, 0.25) is 0 Å². The number of hydrogen-bond acceptors (Lipinski definition) is 2. The van der Waals surface area contributed by atoms with E-state index in [1.807, 2.05) is 0 Å². The van der Waals surface area contributed by atoms with Gasteiger partial charge in [0.1, 0.15) is 0 Å². The molecule has 0 N–H and O–H groups in total. The van der Waals surface area contributed by atoms with Crippen molar-refractivity contribution < 1.29 is 0 Å². The summed E-state index contributed by atoms with van der Waals surface area (Å²) in [5, 5.41) is 3.00. The van der Waals surface area contributed by atoms with Crippen LogP contribution < -0.4 is 0 Å². The number of allylic oxidation sites excluding steroid dienone is 1. The number of rotatable bonds is 4. The van der Waals surface area contributed by atoms with E-state index in [-0.39, 0.29) is 0 Å². The van der Waals surface area contributed by atoms with Crippen LogP contribution in [0.4, 0.5) is 0 Å². The fourth-order valence-corrected chi connectivity index (χ4v) is 1.90. The Morgan fingerprint density at radius 3 is 3.17 bits per heavy atom. The van der Waals surface area contributed by atoms with Gasteiger partial charge < -0.3 is 0 Å². The van der Waals surface area contributed by atoms with Crippen molar-refractivity contribution in [3.63, 3.8) is 0 Å². The molecular weight excluding hydrogens is 150 g/mol. The molecule has 1 aliphatic rings. The minimum absolute atomic E-state index is 0.469. The largest absolute Gasteiger partial charge is 0.151 e. The van der Waals surface area contributed by atoms with Gasteiger partial charge in [0.15, 0.2) is 0 Å². The molecule has 0 saturated carbocycles. The SMILES string of the molecule is CCCC1=CCCCC1CN=O. The van der Waals surface area contributed by atoms with Crippen LogP contribution in [0.5, 0.6) is 0 Å². The Morgan fingerprint density at radius 1 is 1.67 bits per heavy atom. The van der Waals surface area contributed by atoms with Crippen LogP contribution in [0.1, 0.15) is 39.0 Å². The van der Waals surface area contributed by atoms with E-state index in [9.17, 15) is 4.91 Å². The summed E-state index contributed by atoms with van der Waals surface area (Å²) in [5.74, 6) is 0.469. The Morgan fingerprint density at radius 2 is 2.50 bits per heavy atom. The molecule has 0 fully saturated rings. The topological polar surface area (TPSA) is 29.4 Å². The molecule has 0 amide bonds. The molecule has 12 heavy (non-hydrogen) atoms. The van der Waals surface area contributed by atoms with Crippen molar-refractivity contribution in [2.75, 3.05) is 6.54 Å². The molecule has 0 spiro atoms. The van der Waals surface area contributed by atoms with E-state index >= 15 is 0 Å². The lowest BCUT2D eigenvalue weighted by atomic mass is 9.85. The molecule has 1 atom stereocenters. The number of nitroso groups, excluding NO2 is 1. The molecule has 2 nitrogen and oxygen atoms in total. The van der Waals surface area contributed by atoms with Gasteiger partial charge >= 0.3 is 0 Å². The summed E-state index contributed by atoms with van der Waals surface area (Å²) in [5.41, 5.74) is 1.48. The summed E-state index contributed by atoms with van der Waals surface area (Å²) in [6, 6.07) is 0. The highest BCUT2D eigenvalue weighted by atomic mass is 16.3. The standard InChI is InChI=1S/C10H17NO/c1-2-5-9-6-3-4-7-10(9)8-11-12/h6,10H,2-5,7-8H2,1H3. The Kier molecular flexibility index (Phi) is 3.98. The maximum atomic E-state index is 10.1. The predicted octanol–water partition coefficient (Wildman–Crippen LogP) is 3.28. The van der Waals surface area contributed by atoms with Gasteiger partial charge in [-0.15, -0.1) is 0 Å². The predicted molar refractivity (Wildman–Crippen MR) is 51.0 cm³/mol. The molecule has 1 unspecified atom stereocenters. The van der Waals surface area contributed by atoms with E-state index in [4.69, 9.17) is 0 Å². The minimum Gasteiger partial charge on any atom is -0.151 e. The third-order valence-corrected chi connectivity index (χ3v) is 2.52. The first-order chi connectivity index (χ1) is 5.88. The van der Waals surface area contributed by atoms with Gasteiger partial charge in [-0.1, -0.05) is 30.2 Å². The van der Waals surface area contributed by atoms with E-state index in [2.05, 4.69) is 18.2 Å². The maximum absolute atomic E-state index is 10.1. The van der Waals surface area contributed by atoms with E-state index in [0.717, 1.165) is 12.8 Å². The van der Waals surface area contributed by atoms with Crippen molar-refractivity contribution in [1.82, 2.24) is 0 Å². The first kappa shape index (κ1) is 9.43. The molecule has 1 rings (SSSR count). The number of hydrogen-bond donors (Lipinski definition) is 0. The van der Waals surface area contributed by atoms with Crippen LogP contribution in [0.2, 0.25) is 0 Å². The summed E-state index contributed by atoms with van der Waals surface area (Å²) in [6.07, 6.45) is 8.24. The first-order valence-electron chi connectivity index (χ1n) is 4.86. The van der Waals surface area contributed by atoms with Crippen LogP contribution in [0.3, 0.4) is 0 Å². The van der Waals surface area contributed by atoms with Gasteiger partial charge in [-0.25, -0.2) is 0 Å². The van der Waals surface area contributed by atoms with Crippen LogP contribution in [-0.2, 0) is 0 Å². The highest BCUT2D eigenvalue weighted by molar-refractivity contribution is 5.10. The molecule has 0 aromatic carbocycles. The molecule has 68 valence electrons. The first-order valence-corrected chi connectivity index (χ1v) is 4.86. The summed E-state index contributed by atoms with van der Waals surface area (Å²) < 4.78 is 0. The van der Waals surface area contributed by atoms with Crippen molar-refractivity contribution in [1.29, 1.82) is 0 Å². The van der Waals surface area contributed by atoms with Gasteiger partial charge in [0.25, 0.3) is 0 Å². The summed E-state index contributed by atoms with van der Waals surface area (Å²) >= 11 is 0. The van der Waals surface area contributed by atoms with Crippen molar-refractivity contribution in [3.8, 4) is 0 Å². The zero-order valence-electron chi connectivity index (χ0n) is 7.75. The lowest BCUT2D eigenvalue weighted by molar-refractivity contribution is 0.500. The van der Waals surface area contributed by atoms with Crippen molar-refractivity contribution in [3.05, 3.63) is 16.6 Å². The van der Waals surface area contributed by atoms with Gasteiger partial charge in [-0.2, -0.15) is 4.91 Å². The molecule has 1 aliphatic carbocycles. The van der Waals surface area contributed by atoms with Crippen molar-refractivity contribution in [2.24, 2.45) is 11.1 Å². The number of nitrogens with zero attached hydrogens (tertiary/aromatic N) is 1. The van der Waals surface area contributed by atoms with Crippen molar-refractivity contribution >= 4 is 0 Å². The van der Waals surface area contributed by atoms with E-state index in [1.54, 1.807) is 0 Å². The molecule has 0 bridgehead atoms. The highest BCUT2D eigenvalue weighted by Crippen LogP contribution is 2.28. The Balaban J connectivity index is 2.51. The van der Waals surface area contributed by atoms with Crippen LogP contribution >= 0.6 is 0 Å². The second kappa shape index (κ2) is 5.07. The zero-order valence-corrected chi connectivity index (χ0v) is 7.75. The van der Waals surface area contributed by atoms with E-state index < -0.39 is 0 Å². The Hall–Kier alpha value is -0.660. The Labute approximate surface area is 74.0 Å². The lowest BCUT2D eigenvalue weighted by Crippen LogP contribution is -2.11. The molecule has 0 heterocycles. The minimum atomic E-state index is 0.469. The third kappa shape index (κ3) is 2.43. The van der Waals surface area contributed by atoms with Crippen LogP contribution in [0.25, 0.3) is 0 Å². The maximum Gasteiger partial charge on any atom is 0.0876 e. The smallest absolute Gasteiger partial charge is 0.0876 e. The monoisotopic (exact) mass is 167 g/mol. The van der Waals surface area contributed by atoms with E-state index in [0.29, 0.717) is 12.5 Å². The Bertz CT molecular complexity index is 175. The third-order valence-electron chi connectivity index (χ3n) is 2.52. The molecule has 0 saturated heterocycles. The second-order valence-electron chi connectivity index (χ2n) is 3.47. The van der Waals surface area contributed by atoms with E-state index in [1.165, 1.54) is 24.8 Å². The molecule has 2 heteroatoms. The van der Waals surface area contributed by atoms with Gasteiger partial charge in [0.05, 0.1) is 6.54 Å². The zero-order chi connectivity index (χ0) is 8.81. The van der Waals surface area contributed by atoms with Gasteiger partial charge in [-0.05, 0) is 25.7 Å². The second-order valence-corrected chi connectivity index (χ2v) is 3.47. The fourth-order valence-electron chi connectivity index (χ4n) is 1.90. The van der Waals surface area contributed by atoms with Crippen LogP contribution in [-0.4, -0.2) is 6.54 Å². The van der Waals surface area contributed by atoms with Crippen LogP contribution in [0.15, 0.2) is 16.8 Å². The molecule has 0 aromatic rings. The highest BCUT2D eigenvalue weighted by Gasteiger charge is 2.16. The fraction of sp³-hybridized carbons (Fsp3) is 0.800. The molecular formula is C10H17NO. The molecule has 0 radical (unpaired) electrons. The molecule has 0 aliphatic heterocycles. The summed E-state index contributed by atoms with van der Waals surface area (Å²) in [6.45, 7) is 2.67.